The zero-order chi connectivity index (χ0) is 16.7. The maximum Gasteiger partial charge on any atom is 0.217 e. The van der Waals surface area contributed by atoms with Crippen molar-refractivity contribution in [2.24, 2.45) is 0 Å². The monoisotopic (exact) mass is 325 g/mol. The fraction of sp³-hybridized carbons (Fsp3) is 0.294. The molecule has 24 heavy (non-hydrogen) atoms. The summed E-state index contributed by atoms with van der Waals surface area (Å²) in [5.74, 6) is 0.315. The Bertz CT molecular complexity index is 932. The topological polar surface area (TPSA) is 72.7 Å². The Morgan fingerprint density at radius 2 is 2.25 bits per heavy atom. The normalized spacial score (nSPS) is 14.1. The molecule has 7 heteroatoms. The van der Waals surface area contributed by atoms with Gasteiger partial charge in [0.2, 0.25) is 5.91 Å². The van der Waals surface area contributed by atoms with Crippen molar-refractivity contribution in [3.63, 3.8) is 0 Å². The number of nitrogens with one attached hydrogen (secondary N) is 1. The lowest BCUT2D eigenvalue weighted by atomic mass is 10.2. The molecule has 0 aliphatic heterocycles. The first kappa shape index (κ1) is 14.7. The second-order valence-corrected chi connectivity index (χ2v) is 5.96. The Balaban J connectivity index is 1.88. The molecular formula is C17H16FN5O. The van der Waals surface area contributed by atoms with Crippen molar-refractivity contribution in [1.82, 2.24) is 24.8 Å². The van der Waals surface area contributed by atoms with Crippen molar-refractivity contribution in [1.29, 1.82) is 0 Å². The number of benzene rings is 1. The highest BCUT2D eigenvalue weighted by molar-refractivity contribution is 5.81. The number of hydrogen-bond acceptors (Lipinski definition) is 4. The summed E-state index contributed by atoms with van der Waals surface area (Å²) in [6.07, 6.45) is 5.23. The first-order valence-electron chi connectivity index (χ1n) is 7.84. The summed E-state index contributed by atoms with van der Waals surface area (Å²) in [6.45, 7) is 1.76. The lowest BCUT2D eigenvalue weighted by Crippen LogP contribution is -2.20. The lowest BCUT2D eigenvalue weighted by Gasteiger charge is -2.11. The summed E-state index contributed by atoms with van der Waals surface area (Å²) in [5.41, 5.74) is 2.97. The van der Waals surface area contributed by atoms with Crippen LogP contribution in [0.2, 0.25) is 0 Å². The van der Waals surface area contributed by atoms with Gasteiger partial charge in [0, 0.05) is 19.2 Å². The number of carbonyl (C=O) groups is 1. The van der Waals surface area contributed by atoms with Gasteiger partial charge >= 0.3 is 0 Å². The standard InChI is InChI=1S/C17H16FN5O/c1-10(24)20-8-15-13(7-19-9-21-15)17-22-14-5-2-11(18)6-16(14)23(17)12-3-4-12/h2,5-7,9,12H,3-4,8H2,1H3,(H,20,24). The molecule has 1 fully saturated rings. The molecule has 0 saturated heterocycles. The van der Waals surface area contributed by atoms with Crippen molar-refractivity contribution < 1.29 is 9.18 Å². The van der Waals surface area contributed by atoms with Gasteiger partial charge < -0.3 is 9.88 Å². The van der Waals surface area contributed by atoms with Crippen molar-refractivity contribution >= 4 is 16.9 Å². The smallest absolute Gasteiger partial charge is 0.217 e. The van der Waals surface area contributed by atoms with Crippen LogP contribution in [-0.4, -0.2) is 25.4 Å². The molecular weight excluding hydrogens is 309 g/mol. The van der Waals surface area contributed by atoms with E-state index in [0.717, 1.165) is 35.3 Å². The summed E-state index contributed by atoms with van der Waals surface area (Å²) in [6, 6.07) is 4.93. The van der Waals surface area contributed by atoms with Gasteiger partial charge in [-0.25, -0.2) is 19.3 Å². The Morgan fingerprint density at radius 1 is 1.42 bits per heavy atom. The van der Waals surface area contributed by atoms with Gasteiger partial charge in [-0.15, -0.1) is 0 Å². The maximum atomic E-state index is 13.7. The molecule has 0 unspecified atom stereocenters. The zero-order valence-corrected chi connectivity index (χ0v) is 13.2. The minimum absolute atomic E-state index is 0.127. The molecule has 2 aromatic heterocycles. The molecule has 1 aliphatic carbocycles. The molecule has 2 heterocycles. The fourth-order valence-corrected chi connectivity index (χ4v) is 2.85. The zero-order valence-electron chi connectivity index (χ0n) is 13.2. The molecule has 0 spiro atoms. The van der Waals surface area contributed by atoms with E-state index in [1.807, 2.05) is 0 Å². The number of carbonyl (C=O) groups excluding carboxylic acids is 1. The minimum atomic E-state index is -0.279. The van der Waals surface area contributed by atoms with E-state index in [1.165, 1.54) is 25.4 Å². The van der Waals surface area contributed by atoms with E-state index in [-0.39, 0.29) is 11.7 Å². The first-order valence-corrected chi connectivity index (χ1v) is 7.84. The van der Waals surface area contributed by atoms with Crippen LogP contribution in [-0.2, 0) is 11.3 Å². The average Bonchev–Trinajstić information content (AvgIpc) is 3.34. The fourth-order valence-electron chi connectivity index (χ4n) is 2.85. The van der Waals surface area contributed by atoms with E-state index in [0.29, 0.717) is 18.3 Å². The highest BCUT2D eigenvalue weighted by Crippen LogP contribution is 2.41. The number of fused-ring (bicyclic) bond motifs is 1. The van der Waals surface area contributed by atoms with Crippen LogP contribution in [0.5, 0.6) is 0 Å². The summed E-state index contributed by atoms with van der Waals surface area (Å²) < 4.78 is 15.8. The highest BCUT2D eigenvalue weighted by atomic mass is 19.1. The number of amides is 1. The van der Waals surface area contributed by atoms with Crippen molar-refractivity contribution in [3.8, 4) is 11.4 Å². The number of imidazole rings is 1. The quantitative estimate of drug-likeness (QED) is 0.800. The Labute approximate surface area is 137 Å². The predicted octanol–water partition coefficient (Wildman–Crippen LogP) is 2.60. The van der Waals surface area contributed by atoms with Gasteiger partial charge in [0.1, 0.15) is 18.0 Å². The summed E-state index contributed by atoms with van der Waals surface area (Å²) in [4.78, 5) is 24.3. The van der Waals surface area contributed by atoms with Gasteiger partial charge in [-0.2, -0.15) is 0 Å². The number of rotatable bonds is 4. The van der Waals surface area contributed by atoms with Crippen LogP contribution in [0.25, 0.3) is 22.4 Å². The number of halogens is 1. The molecule has 6 nitrogen and oxygen atoms in total. The first-order chi connectivity index (χ1) is 11.6. The largest absolute Gasteiger partial charge is 0.351 e. The van der Waals surface area contributed by atoms with E-state index >= 15 is 0 Å². The van der Waals surface area contributed by atoms with Gasteiger partial charge in [0.05, 0.1) is 28.8 Å². The minimum Gasteiger partial charge on any atom is -0.351 e. The molecule has 1 aromatic carbocycles. The average molecular weight is 325 g/mol. The molecule has 3 aromatic rings. The second-order valence-electron chi connectivity index (χ2n) is 5.96. The van der Waals surface area contributed by atoms with Gasteiger partial charge in [0.15, 0.2) is 0 Å². The van der Waals surface area contributed by atoms with Crippen LogP contribution in [0, 0.1) is 5.82 Å². The van der Waals surface area contributed by atoms with Gasteiger partial charge in [0.25, 0.3) is 0 Å². The number of nitrogens with zero attached hydrogens (tertiary/aromatic N) is 4. The highest BCUT2D eigenvalue weighted by Gasteiger charge is 2.29. The van der Waals surface area contributed by atoms with Crippen LogP contribution in [0.1, 0.15) is 31.5 Å². The third-order valence-electron chi connectivity index (χ3n) is 4.10. The third-order valence-corrected chi connectivity index (χ3v) is 4.10. The Morgan fingerprint density at radius 3 is 3.00 bits per heavy atom. The molecule has 0 bridgehead atoms. The molecule has 122 valence electrons. The summed E-state index contributed by atoms with van der Waals surface area (Å²) >= 11 is 0. The van der Waals surface area contributed by atoms with Crippen LogP contribution >= 0.6 is 0 Å². The van der Waals surface area contributed by atoms with Gasteiger partial charge in [-0.3, -0.25) is 4.79 Å². The van der Waals surface area contributed by atoms with Crippen LogP contribution in [0.15, 0.2) is 30.7 Å². The lowest BCUT2D eigenvalue weighted by molar-refractivity contribution is -0.119. The van der Waals surface area contributed by atoms with Crippen molar-refractivity contribution in [2.45, 2.75) is 32.4 Å². The van der Waals surface area contributed by atoms with Gasteiger partial charge in [-0.05, 0) is 31.0 Å². The summed E-state index contributed by atoms with van der Waals surface area (Å²) in [5, 5.41) is 2.75. The Hall–Kier alpha value is -2.83. The van der Waals surface area contributed by atoms with Crippen LogP contribution in [0.3, 0.4) is 0 Å². The maximum absolute atomic E-state index is 13.7. The van der Waals surface area contributed by atoms with E-state index in [1.54, 1.807) is 12.3 Å². The molecule has 4 rings (SSSR count). The second kappa shape index (κ2) is 5.67. The molecule has 1 N–H and O–H groups in total. The molecule has 0 radical (unpaired) electrons. The SMILES string of the molecule is CC(=O)NCc1ncncc1-c1nc2ccc(F)cc2n1C1CC1. The van der Waals surface area contributed by atoms with E-state index < -0.39 is 0 Å². The molecule has 1 amide bonds. The summed E-state index contributed by atoms with van der Waals surface area (Å²) in [7, 11) is 0. The van der Waals surface area contributed by atoms with Crippen molar-refractivity contribution in [2.75, 3.05) is 0 Å². The van der Waals surface area contributed by atoms with Gasteiger partial charge in [-0.1, -0.05) is 0 Å². The van der Waals surface area contributed by atoms with E-state index in [9.17, 15) is 9.18 Å². The number of hydrogen-bond donors (Lipinski definition) is 1. The van der Waals surface area contributed by atoms with Crippen LogP contribution < -0.4 is 5.32 Å². The van der Waals surface area contributed by atoms with E-state index in [4.69, 9.17) is 0 Å². The predicted molar refractivity (Wildman–Crippen MR) is 86.5 cm³/mol. The van der Waals surface area contributed by atoms with E-state index in [2.05, 4.69) is 24.8 Å². The van der Waals surface area contributed by atoms with Crippen molar-refractivity contribution in [3.05, 3.63) is 42.2 Å². The third kappa shape index (κ3) is 2.62. The Kier molecular flexibility index (Phi) is 3.48. The molecule has 0 atom stereocenters. The molecule has 1 aliphatic rings. The molecule has 1 saturated carbocycles. The number of aromatic nitrogens is 4. The van der Waals surface area contributed by atoms with Crippen LogP contribution in [0.4, 0.5) is 4.39 Å².